The first-order valence-corrected chi connectivity index (χ1v) is 10.0. The molecule has 1 aromatic heterocycles. The van der Waals surface area contributed by atoms with Crippen LogP contribution < -0.4 is 0 Å². The number of nitrogens with zero attached hydrogens (tertiary/aromatic N) is 3. The van der Waals surface area contributed by atoms with Gasteiger partial charge in [0.05, 0.1) is 16.0 Å². The van der Waals surface area contributed by atoms with Gasteiger partial charge in [-0.1, -0.05) is 12.1 Å². The van der Waals surface area contributed by atoms with E-state index in [0.29, 0.717) is 25.1 Å². The van der Waals surface area contributed by atoms with E-state index in [4.69, 9.17) is 0 Å². The zero-order chi connectivity index (χ0) is 18.9. The minimum absolute atomic E-state index is 0.0399. The van der Waals surface area contributed by atoms with Gasteiger partial charge in [-0.15, -0.1) is 0 Å². The van der Waals surface area contributed by atoms with Crippen LogP contribution in [0.15, 0.2) is 47.6 Å². The van der Waals surface area contributed by atoms with Crippen LogP contribution in [-0.4, -0.2) is 54.6 Å². The van der Waals surface area contributed by atoms with E-state index in [1.54, 1.807) is 31.3 Å². The molecule has 0 spiro atoms. The Balaban J connectivity index is 1.96. The highest BCUT2D eigenvalue weighted by atomic mass is 32.2. The predicted octanol–water partition coefficient (Wildman–Crippen LogP) is 1.70. The van der Waals surface area contributed by atoms with Crippen molar-refractivity contribution in [3.8, 4) is 0 Å². The molecule has 0 aliphatic carbocycles. The topological polar surface area (TPSA) is 87.7 Å². The minimum atomic E-state index is -3.57. The van der Waals surface area contributed by atoms with Gasteiger partial charge in [0.25, 0.3) is 11.8 Å². The second-order valence-electron chi connectivity index (χ2n) is 6.17. The fourth-order valence-corrected chi connectivity index (χ4v) is 3.85. The lowest BCUT2D eigenvalue weighted by Gasteiger charge is -2.28. The number of hydrazine groups is 1. The second-order valence-corrected chi connectivity index (χ2v) is 8.15. The van der Waals surface area contributed by atoms with Crippen molar-refractivity contribution >= 4 is 21.7 Å². The Morgan fingerprint density at radius 2 is 1.62 bits per heavy atom. The summed E-state index contributed by atoms with van der Waals surface area (Å²) in [6.45, 7) is 2.54. The molecule has 1 aliphatic rings. The van der Waals surface area contributed by atoms with Crippen LogP contribution in [0.25, 0.3) is 0 Å². The average Bonchev–Trinajstić information content (AvgIpc) is 3.10. The Hall–Kier alpha value is -2.74. The highest BCUT2D eigenvalue weighted by Gasteiger charge is 2.34. The number of amides is 2. The molecule has 0 atom stereocenters. The van der Waals surface area contributed by atoms with Crippen LogP contribution in [0.1, 0.15) is 32.7 Å². The average molecular weight is 373 g/mol. The van der Waals surface area contributed by atoms with Gasteiger partial charge < -0.3 is 0 Å². The number of hydrogen-bond donors (Lipinski definition) is 0. The first-order valence-electron chi connectivity index (χ1n) is 8.14. The lowest BCUT2D eigenvalue weighted by molar-refractivity contribution is 0.0183. The zero-order valence-corrected chi connectivity index (χ0v) is 15.4. The summed E-state index contributed by atoms with van der Waals surface area (Å²) in [5, 5.41) is 2.68. The van der Waals surface area contributed by atoms with Crippen molar-refractivity contribution in [2.75, 3.05) is 19.3 Å². The molecule has 0 saturated carbocycles. The van der Waals surface area contributed by atoms with E-state index in [0.717, 1.165) is 11.8 Å². The molecule has 7 nitrogen and oxygen atoms in total. The van der Waals surface area contributed by atoms with Crippen LogP contribution in [0.3, 0.4) is 0 Å². The van der Waals surface area contributed by atoms with Gasteiger partial charge in [0.2, 0.25) is 0 Å². The molecule has 1 aliphatic heterocycles. The maximum atomic E-state index is 13.0. The van der Waals surface area contributed by atoms with Crippen molar-refractivity contribution < 1.29 is 18.0 Å². The Morgan fingerprint density at radius 1 is 1.00 bits per heavy atom. The van der Waals surface area contributed by atoms with Gasteiger partial charge >= 0.3 is 0 Å². The molecule has 3 rings (SSSR count). The molecular formula is C18H19N3O4S. The predicted molar refractivity (Wildman–Crippen MR) is 95.2 cm³/mol. The van der Waals surface area contributed by atoms with Crippen LogP contribution in [0.4, 0.5) is 0 Å². The Labute approximate surface area is 152 Å². The van der Waals surface area contributed by atoms with Gasteiger partial charge in [-0.3, -0.25) is 14.6 Å². The largest absolute Gasteiger partial charge is 0.274 e. The fraction of sp³-hybridized carbons (Fsp3) is 0.278. The van der Waals surface area contributed by atoms with Crippen molar-refractivity contribution in [1.82, 2.24) is 15.0 Å². The zero-order valence-electron chi connectivity index (χ0n) is 14.5. The summed E-state index contributed by atoms with van der Waals surface area (Å²) >= 11 is 0. The van der Waals surface area contributed by atoms with Gasteiger partial charge in [-0.2, -0.15) is 0 Å². The van der Waals surface area contributed by atoms with Crippen molar-refractivity contribution in [3.05, 3.63) is 59.4 Å². The Kier molecular flexibility index (Phi) is 4.78. The minimum Gasteiger partial charge on any atom is -0.267 e. The van der Waals surface area contributed by atoms with Crippen molar-refractivity contribution in [3.63, 3.8) is 0 Å². The van der Waals surface area contributed by atoms with Gasteiger partial charge in [-0.05, 0) is 37.1 Å². The molecule has 0 N–H and O–H groups in total. The van der Waals surface area contributed by atoms with E-state index in [-0.39, 0.29) is 16.4 Å². The van der Waals surface area contributed by atoms with Gasteiger partial charge in [-0.25, -0.2) is 18.4 Å². The molecule has 2 aromatic rings. The molecule has 0 unspecified atom stereocenters. The van der Waals surface area contributed by atoms with Gasteiger partial charge in [0.1, 0.15) is 0 Å². The molecule has 1 fully saturated rings. The van der Waals surface area contributed by atoms with Gasteiger partial charge in [0, 0.05) is 31.7 Å². The third kappa shape index (κ3) is 3.32. The third-order valence-electron chi connectivity index (χ3n) is 4.29. The summed E-state index contributed by atoms with van der Waals surface area (Å²) in [5.41, 5.74) is 1.25. The van der Waals surface area contributed by atoms with E-state index in [2.05, 4.69) is 4.98 Å². The molecule has 0 bridgehead atoms. The molecule has 8 heteroatoms. The summed E-state index contributed by atoms with van der Waals surface area (Å²) < 4.78 is 24.0. The van der Waals surface area contributed by atoms with Crippen LogP contribution >= 0.6 is 0 Å². The van der Waals surface area contributed by atoms with Crippen LogP contribution in [0.2, 0.25) is 0 Å². The van der Waals surface area contributed by atoms with Gasteiger partial charge in [0.15, 0.2) is 9.84 Å². The number of benzene rings is 1. The molecule has 0 radical (unpaired) electrons. The summed E-state index contributed by atoms with van der Waals surface area (Å²) in [6, 6.07) is 7.77. The normalized spacial score (nSPS) is 14.5. The number of aryl methyl sites for hydroxylation is 1. The van der Waals surface area contributed by atoms with Crippen molar-refractivity contribution in [2.45, 2.75) is 18.2 Å². The SMILES string of the molecule is Cc1ccncc1C(=O)N1CCCN1C(=O)c1ccccc1S(C)(=O)=O. The number of aromatic nitrogens is 1. The van der Waals surface area contributed by atoms with Crippen molar-refractivity contribution in [2.24, 2.45) is 0 Å². The Morgan fingerprint density at radius 3 is 2.23 bits per heavy atom. The van der Waals surface area contributed by atoms with Crippen LogP contribution in [-0.2, 0) is 9.84 Å². The lowest BCUT2D eigenvalue weighted by atomic mass is 10.1. The summed E-state index contributed by atoms with van der Waals surface area (Å²) in [5.74, 6) is -0.822. The first kappa shape index (κ1) is 18.1. The summed E-state index contributed by atoms with van der Waals surface area (Å²) in [7, 11) is -3.57. The maximum absolute atomic E-state index is 13.0. The first-order chi connectivity index (χ1) is 12.3. The molecule has 1 aromatic carbocycles. The van der Waals surface area contributed by atoms with E-state index < -0.39 is 15.7 Å². The number of hydrogen-bond acceptors (Lipinski definition) is 5. The molecular weight excluding hydrogens is 354 g/mol. The highest BCUT2D eigenvalue weighted by Crippen LogP contribution is 2.23. The summed E-state index contributed by atoms with van der Waals surface area (Å²) in [6.07, 6.45) is 4.76. The number of rotatable bonds is 3. The standard InChI is InChI=1S/C18H19N3O4S/c1-13-8-9-19-12-15(13)18(23)21-11-5-10-20(21)17(22)14-6-3-4-7-16(14)26(2,24)25/h3-4,6-9,12H,5,10-11H2,1-2H3. The summed E-state index contributed by atoms with van der Waals surface area (Å²) in [4.78, 5) is 29.8. The second kappa shape index (κ2) is 6.87. The van der Waals surface area contributed by atoms with E-state index in [1.165, 1.54) is 28.3 Å². The maximum Gasteiger partial charge on any atom is 0.274 e. The molecule has 2 heterocycles. The van der Waals surface area contributed by atoms with Crippen molar-refractivity contribution in [1.29, 1.82) is 0 Å². The monoisotopic (exact) mass is 373 g/mol. The lowest BCUT2D eigenvalue weighted by Crippen LogP contribution is -2.45. The van der Waals surface area contributed by atoms with E-state index in [9.17, 15) is 18.0 Å². The third-order valence-corrected chi connectivity index (χ3v) is 5.44. The number of carbonyl (C=O) groups is 2. The molecule has 26 heavy (non-hydrogen) atoms. The highest BCUT2D eigenvalue weighted by molar-refractivity contribution is 7.90. The molecule has 2 amide bonds. The van der Waals surface area contributed by atoms with E-state index in [1.807, 2.05) is 0 Å². The number of carbonyl (C=O) groups excluding carboxylic acids is 2. The molecule has 136 valence electrons. The quantitative estimate of drug-likeness (QED) is 0.817. The van der Waals surface area contributed by atoms with Crippen LogP contribution in [0, 0.1) is 6.92 Å². The van der Waals surface area contributed by atoms with Crippen LogP contribution in [0.5, 0.6) is 0 Å². The smallest absolute Gasteiger partial charge is 0.267 e. The molecule has 1 saturated heterocycles. The Bertz CT molecular complexity index is 972. The van der Waals surface area contributed by atoms with E-state index >= 15 is 0 Å². The number of sulfone groups is 1. The fourth-order valence-electron chi connectivity index (χ4n) is 2.97. The number of pyridine rings is 1.